The van der Waals surface area contributed by atoms with Gasteiger partial charge in [-0.2, -0.15) is 0 Å². The van der Waals surface area contributed by atoms with Crippen molar-refractivity contribution in [2.75, 3.05) is 19.7 Å². The number of hydrogen-bond acceptors (Lipinski definition) is 6. The smallest absolute Gasteiger partial charge is 0.257 e. The molecule has 0 fully saturated rings. The van der Waals surface area contributed by atoms with E-state index in [1.807, 2.05) is 19.1 Å². The summed E-state index contributed by atoms with van der Waals surface area (Å²) in [5, 5.41) is 6.20. The van der Waals surface area contributed by atoms with Gasteiger partial charge in [0.25, 0.3) is 5.91 Å². The molecule has 9 heteroatoms. The van der Waals surface area contributed by atoms with Crippen LogP contribution in [0.15, 0.2) is 33.7 Å². The number of benzene rings is 1. The molecule has 2 N–H and O–H groups in total. The predicted octanol–water partition coefficient (Wildman–Crippen LogP) is 1.07. The van der Waals surface area contributed by atoms with Gasteiger partial charge < -0.3 is 14.6 Å². The van der Waals surface area contributed by atoms with Gasteiger partial charge in [0.1, 0.15) is 16.3 Å². The van der Waals surface area contributed by atoms with E-state index in [1.165, 1.54) is 6.92 Å². The number of nitrogens with zero attached hydrogens (tertiary/aromatic N) is 1. The normalized spacial score (nSPS) is 11.3. The third kappa shape index (κ3) is 5.30. The maximum atomic E-state index is 12.2. The van der Waals surface area contributed by atoms with E-state index in [1.54, 1.807) is 19.1 Å². The fourth-order valence-corrected chi connectivity index (χ4v) is 3.51. The molecule has 0 atom stereocenters. The minimum absolute atomic E-state index is 0.0292. The van der Waals surface area contributed by atoms with Crippen molar-refractivity contribution in [3.63, 3.8) is 0 Å². The van der Waals surface area contributed by atoms with Crippen molar-refractivity contribution in [1.82, 2.24) is 15.2 Å². The number of carbonyl (C=O) groups excluding carboxylic acids is 1. The number of rotatable bonds is 8. The van der Waals surface area contributed by atoms with Gasteiger partial charge >= 0.3 is 0 Å². The second-order valence-corrected chi connectivity index (χ2v) is 7.21. The monoisotopic (exact) mass is 367 g/mol. The SMILES string of the molecule is Cc1ccc(OCC(=O)NCCNS(=O)(=O)c2c(C)noc2C)cc1. The summed E-state index contributed by atoms with van der Waals surface area (Å²) >= 11 is 0. The maximum Gasteiger partial charge on any atom is 0.257 e. The Balaban J connectivity index is 1.73. The van der Waals surface area contributed by atoms with Gasteiger partial charge in [0.2, 0.25) is 10.0 Å². The zero-order valence-electron chi connectivity index (χ0n) is 14.3. The molecule has 0 saturated heterocycles. The van der Waals surface area contributed by atoms with Crippen LogP contribution in [-0.4, -0.2) is 39.2 Å². The fourth-order valence-electron chi connectivity index (χ4n) is 2.15. The van der Waals surface area contributed by atoms with Gasteiger partial charge in [0, 0.05) is 13.1 Å². The molecule has 0 aliphatic carbocycles. The van der Waals surface area contributed by atoms with Crippen LogP contribution >= 0.6 is 0 Å². The second-order valence-electron chi connectivity index (χ2n) is 5.50. The highest BCUT2D eigenvalue weighted by atomic mass is 32.2. The predicted molar refractivity (Wildman–Crippen MR) is 90.8 cm³/mol. The summed E-state index contributed by atoms with van der Waals surface area (Å²) < 4.78 is 36.9. The molecular formula is C16H21N3O5S. The minimum Gasteiger partial charge on any atom is -0.484 e. The van der Waals surface area contributed by atoms with Crippen LogP contribution in [0.25, 0.3) is 0 Å². The van der Waals surface area contributed by atoms with E-state index >= 15 is 0 Å². The number of ether oxygens (including phenoxy) is 1. The van der Waals surface area contributed by atoms with Crippen LogP contribution in [0.3, 0.4) is 0 Å². The van der Waals surface area contributed by atoms with Gasteiger partial charge in [-0.05, 0) is 32.9 Å². The maximum absolute atomic E-state index is 12.2. The zero-order valence-corrected chi connectivity index (χ0v) is 15.1. The zero-order chi connectivity index (χ0) is 18.4. The van der Waals surface area contributed by atoms with Gasteiger partial charge in [-0.1, -0.05) is 22.9 Å². The highest BCUT2D eigenvalue weighted by Gasteiger charge is 2.23. The van der Waals surface area contributed by atoms with Crippen LogP contribution in [0.5, 0.6) is 5.75 Å². The first-order chi connectivity index (χ1) is 11.8. The lowest BCUT2D eigenvalue weighted by Crippen LogP contribution is -2.37. The quantitative estimate of drug-likeness (QED) is 0.676. The van der Waals surface area contributed by atoms with Crippen LogP contribution in [0.2, 0.25) is 0 Å². The molecule has 2 rings (SSSR count). The van der Waals surface area contributed by atoms with Crippen molar-refractivity contribution in [3.8, 4) is 5.75 Å². The molecule has 0 radical (unpaired) electrons. The molecule has 0 unspecified atom stereocenters. The highest BCUT2D eigenvalue weighted by molar-refractivity contribution is 7.89. The van der Waals surface area contributed by atoms with E-state index < -0.39 is 10.0 Å². The van der Waals surface area contributed by atoms with Crippen molar-refractivity contribution >= 4 is 15.9 Å². The number of amides is 1. The number of hydrogen-bond donors (Lipinski definition) is 2. The number of aryl methyl sites for hydroxylation is 3. The van der Waals surface area contributed by atoms with E-state index in [2.05, 4.69) is 15.2 Å². The van der Waals surface area contributed by atoms with E-state index in [4.69, 9.17) is 9.26 Å². The fraction of sp³-hybridized carbons (Fsp3) is 0.375. The van der Waals surface area contributed by atoms with Gasteiger partial charge in [0.05, 0.1) is 0 Å². The Hall–Kier alpha value is -2.39. The van der Waals surface area contributed by atoms with Crippen molar-refractivity contribution in [3.05, 3.63) is 41.3 Å². The molecular weight excluding hydrogens is 346 g/mol. The summed E-state index contributed by atoms with van der Waals surface area (Å²) in [5.41, 5.74) is 1.39. The Bertz CT molecular complexity index is 808. The van der Waals surface area contributed by atoms with Crippen molar-refractivity contribution in [2.45, 2.75) is 25.7 Å². The largest absolute Gasteiger partial charge is 0.484 e. The molecule has 1 aromatic carbocycles. The number of nitrogens with one attached hydrogen (secondary N) is 2. The van der Waals surface area contributed by atoms with Gasteiger partial charge in [-0.3, -0.25) is 4.79 Å². The van der Waals surface area contributed by atoms with Crippen molar-refractivity contribution < 1.29 is 22.5 Å². The summed E-state index contributed by atoms with van der Waals surface area (Å²) in [6.45, 7) is 5.08. The molecule has 1 heterocycles. The third-order valence-electron chi connectivity index (χ3n) is 3.37. The van der Waals surface area contributed by atoms with E-state index in [9.17, 15) is 13.2 Å². The summed E-state index contributed by atoms with van der Waals surface area (Å²) in [6, 6.07) is 7.33. The van der Waals surface area contributed by atoms with Gasteiger partial charge in [0.15, 0.2) is 12.4 Å². The van der Waals surface area contributed by atoms with Crippen LogP contribution in [0.4, 0.5) is 0 Å². The van der Waals surface area contributed by atoms with E-state index in [0.717, 1.165) is 5.56 Å². The van der Waals surface area contributed by atoms with Crippen molar-refractivity contribution in [1.29, 1.82) is 0 Å². The van der Waals surface area contributed by atoms with Gasteiger partial charge in [-0.15, -0.1) is 0 Å². The Morgan fingerprint density at radius 3 is 2.44 bits per heavy atom. The van der Waals surface area contributed by atoms with E-state index in [-0.39, 0.29) is 36.3 Å². The van der Waals surface area contributed by atoms with Crippen LogP contribution in [0.1, 0.15) is 17.0 Å². The molecule has 1 aromatic heterocycles. The lowest BCUT2D eigenvalue weighted by atomic mass is 10.2. The summed E-state index contributed by atoms with van der Waals surface area (Å²) in [4.78, 5) is 11.7. The summed E-state index contributed by atoms with van der Waals surface area (Å²) in [5.74, 6) is 0.484. The van der Waals surface area contributed by atoms with Gasteiger partial charge in [-0.25, -0.2) is 13.1 Å². The average molecular weight is 367 g/mol. The molecule has 0 bridgehead atoms. The lowest BCUT2D eigenvalue weighted by Gasteiger charge is -2.09. The third-order valence-corrected chi connectivity index (χ3v) is 5.07. The van der Waals surface area contributed by atoms with E-state index in [0.29, 0.717) is 11.4 Å². The molecule has 0 aliphatic rings. The molecule has 136 valence electrons. The number of aromatic nitrogens is 1. The first-order valence-corrected chi connectivity index (χ1v) is 9.16. The molecule has 1 amide bonds. The summed E-state index contributed by atoms with van der Waals surface area (Å²) in [7, 11) is -3.72. The Labute approximate surface area is 146 Å². The Morgan fingerprint density at radius 1 is 1.16 bits per heavy atom. The number of sulfonamides is 1. The molecule has 8 nitrogen and oxygen atoms in total. The molecule has 25 heavy (non-hydrogen) atoms. The Kier molecular flexibility index (Phi) is 6.16. The lowest BCUT2D eigenvalue weighted by molar-refractivity contribution is -0.123. The highest BCUT2D eigenvalue weighted by Crippen LogP contribution is 2.18. The summed E-state index contributed by atoms with van der Waals surface area (Å²) in [6.07, 6.45) is 0. The Morgan fingerprint density at radius 2 is 1.84 bits per heavy atom. The van der Waals surface area contributed by atoms with Crippen molar-refractivity contribution in [2.24, 2.45) is 0 Å². The second kappa shape index (κ2) is 8.13. The molecule has 0 spiro atoms. The standard InChI is InChI=1S/C16H21N3O5S/c1-11-4-6-14(7-5-11)23-10-15(20)17-8-9-18-25(21,22)16-12(2)19-24-13(16)3/h4-7,18H,8-10H2,1-3H3,(H,17,20). The average Bonchev–Trinajstić information content (AvgIpc) is 2.90. The van der Waals surface area contributed by atoms with Crippen LogP contribution < -0.4 is 14.8 Å². The molecule has 2 aromatic rings. The first kappa shape index (κ1) is 18.9. The molecule has 0 saturated carbocycles. The minimum atomic E-state index is -3.72. The van der Waals surface area contributed by atoms with Crippen LogP contribution in [0, 0.1) is 20.8 Å². The topological polar surface area (TPSA) is 111 Å². The first-order valence-electron chi connectivity index (χ1n) is 7.68. The number of carbonyl (C=O) groups is 1. The van der Waals surface area contributed by atoms with Crippen LogP contribution in [-0.2, 0) is 14.8 Å². The molecule has 0 aliphatic heterocycles.